The van der Waals surface area contributed by atoms with Crippen LogP contribution in [-0.2, 0) is 19.1 Å². The van der Waals surface area contributed by atoms with Crippen LogP contribution in [0.5, 0.6) is 5.75 Å². The molecule has 0 aromatic heterocycles. The number of Topliss-reactive ketones (excluding diaryl/α,β-unsaturated/α-hetero) is 1. The van der Waals surface area contributed by atoms with Crippen molar-refractivity contribution in [1.29, 1.82) is 0 Å². The maximum atomic E-state index is 11.5. The summed E-state index contributed by atoms with van der Waals surface area (Å²) < 4.78 is 19.5. The molecule has 2 aromatic rings. The van der Waals surface area contributed by atoms with Gasteiger partial charge in [0.2, 0.25) is 0 Å². The summed E-state index contributed by atoms with van der Waals surface area (Å²) in [5.41, 5.74) is 5.03. The Morgan fingerprint density at radius 2 is 1.67 bits per heavy atom. The third-order valence-electron chi connectivity index (χ3n) is 6.54. The standard InChI is InChI=1S/C30H34IO5/c1-20-16-24(10-13-28(20)31-14-4-6-26-17-21(2)29(32)19-35-26)23-8-11-25(12-9-23)34-15-5-7-27-18-22(3)30(33)36-27/h8-13,16,26-27H,2-7,14-15,17-19H2,1H3/q-1. The summed E-state index contributed by atoms with van der Waals surface area (Å²) in [7, 11) is 0. The Morgan fingerprint density at radius 1 is 0.944 bits per heavy atom. The first kappa shape index (κ1) is 26.6. The molecular formula is C30H34IO5-. The fraction of sp³-hybridized carbons (Fsp3) is 0.400. The van der Waals surface area contributed by atoms with E-state index in [2.05, 4.69) is 50.4 Å². The van der Waals surface area contributed by atoms with Crippen LogP contribution in [0, 0.1) is 10.5 Å². The Morgan fingerprint density at radius 3 is 2.36 bits per heavy atom. The zero-order valence-electron chi connectivity index (χ0n) is 20.9. The van der Waals surface area contributed by atoms with Gasteiger partial charge in [0.25, 0.3) is 0 Å². The number of carbonyl (C=O) groups excluding carboxylic acids is 2. The van der Waals surface area contributed by atoms with E-state index in [1.807, 2.05) is 12.1 Å². The SMILES string of the molecule is C=C1CC(CCC[I-]c2ccc(-c3ccc(OCCCC4CC(=C)C(=O)O4)cc3)cc2C)OCC1=O. The van der Waals surface area contributed by atoms with Crippen molar-refractivity contribution < 1.29 is 45.0 Å². The van der Waals surface area contributed by atoms with Crippen molar-refractivity contribution in [3.8, 4) is 16.9 Å². The number of benzene rings is 2. The number of ether oxygens (including phenoxy) is 3. The van der Waals surface area contributed by atoms with Gasteiger partial charge < -0.3 is 4.74 Å². The van der Waals surface area contributed by atoms with Gasteiger partial charge in [0.05, 0.1) is 0 Å². The molecule has 0 radical (unpaired) electrons. The summed E-state index contributed by atoms with van der Waals surface area (Å²) in [6.45, 7) is 10.6. The molecule has 5 nitrogen and oxygen atoms in total. The van der Waals surface area contributed by atoms with E-state index in [1.54, 1.807) is 0 Å². The molecule has 2 aliphatic heterocycles. The Balaban J connectivity index is 1.19. The van der Waals surface area contributed by atoms with Crippen molar-refractivity contribution >= 4 is 11.8 Å². The van der Waals surface area contributed by atoms with Crippen LogP contribution in [-0.4, -0.2) is 41.6 Å². The summed E-state index contributed by atoms with van der Waals surface area (Å²) in [6.07, 6.45) is 5.17. The third-order valence-corrected chi connectivity index (χ3v) is 9.87. The molecule has 2 heterocycles. The number of aryl methyl sites for hydroxylation is 1. The molecule has 0 N–H and O–H groups in total. The van der Waals surface area contributed by atoms with Crippen LogP contribution >= 0.6 is 0 Å². The Bertz CT molecular complexity index is 1100. The van der Waals surface area contributed by atoms with Gasteiger partial charge >= 0.3 is 191 Å². The number of halogens is 1. The van der Waals surface area contributed by atoms with Gasteiger partial charge in [-0.2, -0.15) is 0 Å². The molecule has 192 valence electrons. The summed E-state index contributed by atoms with van der Waals surface area (Å²) >= 11 is -0.0478. The van der Waals surface area contributed by atoms with E-state index in [1.165, 1.54) is 24.7 Å². The van der Waals surface area contributed by atoms with E-state index in [0.717, 1.165) is 31.4 Å². The van der Waals surface area contributed by atoms with Gasteiger partial charge in [-0.3, -0.25) is 0 Å². The molecule has 0 saturated carbocycles. The number of rotatable bonds is 11. The molecular weight excluding hydrogens is 567 g/mol. The fourth-order valence-corrected chi connectivity index (χ4v) is 7.01. The van der Waals surface area contributed by atoms with Gasteiger partial charge in [-0.05, 0) is 0 Å². The van der Waals surface area contributed by atoms with Crippen LogP contribution in [0.4, 0.5) is 0 Å². The Labute approximate surface area is 224 Å². The van der Waals surface area contributed by atoms with Crippen LogP contribution in [0.1, 0.15) is 44.1 Å². The van der Waals surface area contributed by atoms with E-state index < -0.39 is 0 Å². The molecule has 2 atom stereocenters. The number of ketones is 1. The quantitative estimate of drug-likeness (QED) is 0.130. The van der Waals surface area contributed by atoms with Crippen LogP contribution in [0.2, 0.25) is 0 Å². The predicted octanol–water partition coefficient (Wildman–Crippen LogP) is 2.65. The van der Waals surface area contributed by atoms with E-state index in [4.69, 9.17) is 14.2 Å². The second-order valence-electron chi connectivity index (χ2n) is 9.44. The summed E-state index contributed by atoms with van der Waals surface area (Å²) in [5, 5.41) is 0. The summed E-state index contributed by atoms with van der Waals surface area (Å²) in [5.74, 6) is 0.632. The maximum absolute atomic E-state index is 11.5. The van der Waals surface area contributed by atoms with Crippen molar-refractivity contribution in [3.05, 3.63) is 75.9 Å². The monoisotopic (exact) mass is 601 g/mol. The Kier molecular flexibility index (Phi) is 9.37. The molecule has 6 heteroatoms. The Hall–Kier alpha value is -2.45. The van der Waals surface area contributed by atoms with Crippen LogP contribution in [0.3, 0.4) is 0 Å². The molecule has 2 aliphatic rings. The average Bonchev–Trinajstić information content (AvgIpc) is 3.19. The van der Waals surface area contributed by atoms with E-state index in [9.17, 15) is 9.59 Å². The minimum absolute atomic E-state index is 0.0478. The predicted molar refractivity (Wildman–Crippen MR) is 136 cm³/mol. The van der Waals surface area contributed by atoms with Gasteiger partial charge in [-0.1, -0.05) is 6.58 Å². The van der Waals surface area contributed by atoms with Crippen molar-refractivity contribution in [2.75, 3.05) is 17.6 Å². The average molecular weight is 602 g/mol. The molecule has 2 fully saturated rings. The van der Waals surface area contributed by atoms with E-state index in [0.29, 0.717) is 30.6 Å². The second-order valence-corrected chi connectivity index (χ2v) is 12.4. The number of esters is 1. The second kappa shape index (κ2) is 12.7. The molecule has 0 bridgehead atoms. The van der Waals surface area contributed by atoms with Gasteiger partial charge in [0.15, 0.2) is 0 Å². The van der Waals surface area contributed by atoms with Gasteiger partial charge in [-0.15, -0.1) is 0 Å². The molecule has 4 rings (SSSR count). The molecule has 2 unspecified atom stereocenters. The minimum atomic E-state index is -0.266. The summed E-state index contributed by atoms with van der Waals surface area (Å²) in [4.78, 5) is 22.9. The molecule has 36 heavy (non-hydrogen) atoms. The van der Waals surface area contributed by atoms with E-state index in [-0.39, 0.29) is 51.8 Å². The number of hydrogen-bond donors (Lipinski definition) is 0. The van der Waals surface area contributed by atoms with Gasteiger partial charge in [0.1, 0.15) is 6.10 Å². The first-order chi connectivity index (χ1) is 17.4. The van der Waals surface area contributed by atoms with Crippen molar-refractivity contribution in [3.63, 3.8) is 0 Å². The molecule has 2 saturated heterocycles. The van der Waals surface area contributed by atoms with Crippen molar-refractivity contribution in [2.24, 2.45) is 0 Å². The normalized spacial score (nSPS) is 20.1. The first-order valence-electron chi connectivity index (χ1n) is 12.5. The van der Waals surface area contributed by atoms with Gasteiger partial charge in [0, 0.05) is 12.0 Å². The van der Waals surface area contributed by atoms with Crippen molar-refractivity contribution in [1.82, 2.24) is 0 Å². The molecule has 0 amide bonds. The third kappa shape index (κ3) is 7.29. The molecule has 0 aliphatic carbocycles. The van der Waals surface area contributed by atoms with Gasteiger partial charge in [-0.25, -0.2) is 4.79 Å². The molecule has 2 aromatic carbocycles. The number of alkyl halides is 1. The molecule has 0 spiro atoms. The number of cyclic esters (lactones) is 1. The fourth-order valence-electron chi connectivity index (χ4n) is 4.42. The van der Waals surface area contributed by atoms with Crippen LogP contribution in [0.15, 0.2) is 66.8 Å². The van der Waals surface area contributed by atoms with Crippen LogP contribution < -0.4 is 25.9 Å². The van der Waals surface area contributed by atoms with E-state index >= 15 is 0 Å². The number of carbonyl (C=O) groups is 2. The van der Waals surface area contributed by atoms with Crippen LogP contribution in [0.25, 0.3) is 11.1 Å². The first-order valence-corrected chi connectivity index (χ1v) is 15.1. The summed E-state index contributed by atoms with van der Waals surface area (Å²) in [6, 6.07) is 15.0. The number of hydrogen-bond acceptors (Lipinski definition) is 5. The zero-order chi connectivity index (χ0) is 25.5. The zero-order valence-corrected chi connectivity index (χ0v) is 23.1. The van der Waals surface area contributed by atoms with Crippen molar-refractivity contribution in [2.45, 2.75) is 57.7 Å². The topological polar surface area (TPSA) is 61.8 Å².